The van der Waals surface area contributed by atoms with Crippen LogP contribution in [0.3, 0.4) is 0 Å². The molecule has 2 aromatic rings. The Morgan fingerprint density at radius 3 is 2.19 bits per heavy atom. The second kappa shape index (κ2) is 8.47. The van der Waals surface area contributed by atoms with Crippen molar-refractivity contribution in [3.05, 3.63) is 65.2 Å². The number of aryl methyl sites for hydroxylation is 1. The van der Waals surface area contributed by atoms with Gasteiger partial charge in [0.2, 0.25) is 10.0 Å². The van der Waals surface area contributed by atoms with Gasteiger partial charge in [0.1, 0.15) is 0 Å². The number of hydrogen-bond acceptors (Lipinski definition) is 3. The van der Waals surface area contributed by atoms with Crippen LogP contribution in [0.1, 0.15) is 41.8 Å². The number of carbonyl (C=O) groups is 1. The Labute approximate surface area is 156 Å². The molecule has 0 bridgehead atoms. The summed E-state index contributed by atoms with van der Waals surface area (Å²) in [5, 5.41) is 2.91. The van der Waals surface area contributed by atoms with Crippen molar-refractivity contribution >= 4 is 15.9 Å². The standard InChI is InChI=1S/C20H26N2O3S/c1-5-16(3)21-20(23)18-10-8-17(9-11-18)14-22(4)26(24,25)19-12-6-15(2)7-13-19/h6-13,16H,5,14H2,1-4H3,(H,21,23)/t16-/m1/s1. The lowest BCUT2D eigenvalue weighted by Gasteiger charge is -2.18. The van der Waals surface area contributed by atoms with Gasteiger partial charge in [-0.15, -0.1) is 0 Å². The summed E-state index contributed by atoms with van der Waals surface area (Å²) in [6.45, 7) is 6.12. The maximum Gasteiger partial charge on any atom is 0.251 e. The molecule has 0 fully saturated rings. The van der Waals surface area contributed by atoms with Gasteiger partial charge in [0, 0.05) is 25.2 Å². The average molecular weight is 375 g/mol. The van der Waals surface area contributed by atoms with Gasteiger partial charge in [-0.25, -0.2) is 8.42 Å². The van der Waals surface area contributed by atoms with Crippen LogP contribution in [-0.2, 0) is 16.6 Å². The molecule has 140 valence electrons. The van der Waals surface area contributed by atoms with E-state index in [2.05, 4.69) is 5.32 Å². The number of sulfonamides is 1. The molecule has 5 nitrogen and oxygen atoms in total. The van der Waals surface area contributed by atoms with Gasteiger partial charge in [-0.2, -0.15) is 4.31 Å². The van der Waals surface area contributed by atoms with Gasteiger partial charge in [-0.3, -0.25) is 4.79 Å². The highest BCUT2D eigenvalue weighted by Crippen LogP contribution is 2.17. The van der Waals surface area contributed by atoms with E-state index in [0.29, 0.717) is 5.56 Å². The first-order valence-electron chi connectivity index (χ1n) is 8.67. The van der Waals surface area contributed by atoms with Crippen LogP contribution >= 0.6 is 0 Å². The highest BCUT2D eigenvalue weighted by molar-refractivity contribution is 7.89. The van der Waals surface area contributed by atoms with Crippen molar-refractivity contribution in [2.75, 3.05) is 7.05 Å². The third-order valence-electron chi connectivity index (χ3n) is 4.34. The summed E-state index contributed by atoms with van der Waals surface area (Å²) >= 11 is 0. The number of rotatable bonds is 7. The molecule has 0 aliphatic heterocycles. The number of nitrogens with one attached hydrogen (secondary N) is 1. The lowest BCUT2D eigenvalue weighted by atomic mass is 10.1. The van der Waals surface area contributed by atoms with E-state index in [9.17, 15) is 13.2 Å². The molecule has 0 heterocycles. The first-order valence-corrected chi connectivity index (χ1v) is 10.1. The summed E-state index contributed by atoms with van der Waals surface area (Å²) < 4.78 is 26.6. The minimum absolute atomic E-state index is 0.118. The van der Waals surface area contributed by atoms with Crippen LogP contribution in [0.15, 0.2) is 53.4 Å². The summed E-state index contributed by atoms with van der Waals surface area (Å²) in [4.78, 5) is 12.4. The summed E-state index contributed by atoms with van der Waals surface area (Å²) in [7, 11) is -1.99. The first-order chi connectivity index (χ1) is 12.2. The largest absolute Gasteiger partial charge is 0.350 e. The predicted molar refractivity (Wildman–Crippen MR) is 103 cm³/mol. The van der Waals surface area contributed by atoms with E-state index < -0.39 is 10.0 Å². The highest BCUT2D eigenvalue weighted by Gasteiger charge is 2.20. The van der Waals surface area contributed by atoms with Crippen LogP contribution in [0.25, 0.3) is 0 Å². The lowest BCUT2D eigenvalue weighted by Crippen LogP contribution is -2.31. The van der Waals surface area contributed by atoms with Gasteiger partial charge in [0.15, 0.2) is 0 Å². The Morgan fingerprint density at radius 1 is 1.08 bits per heavy atom. The fraction of sp³-hybridized carbons (Fsp3) is 0.350. The first kappa shape index (κ1) is 20.1. The summed E-state index contributed by atoms with van der Waals surface area (Å²) in [6, 6.07) is 13.9. The molecule has 26 heavy (non-hydrogen) atoms. The molecule has 0 spiro atoms. The van der Waals surface area contributed by atoms with E-state index in [1.807, 2.05) is 20.8 Å². The van der Waals surface area contributed by atoms with Crippen LogP contribution in [0.4, 0.5) is 0 Å². The average Bonchev–Trinajstić information content (AvgIpc) is 2.62. The molecular formula is C20H26N2O3S. The molecule has 0 aliphatic rings. The third kappa shape index (κ3) is 4.93. The zero-order valence-corrected chi connectivity index (χ0v) is 16.5. The van der Waals surface area contributed by atoms with E-state index in [1.165, 1.54) is 4.31 Å². The monoisotopic (exact) mass is 374 g/mol. The molecule has 0 saturated heterocycles. The fourth-order valence-electron chi connectivity index (χ4n) is 2.40. The second-order valence-corrected chi connectivity index (χ2v) is 8.60. The number of amides is 1. The Morgan fingerprint density at radius 2 is 1.65 bits per heavy atom. The SMILES string of the molecule is CC[C@@H](C)NC(=O)c1ccc(CN(C)S(=O)(=O)c2ccc(C)cc2)cc1. The minimum atomic E-state index is -3.55. The molecule has 0 radical (unpaired) electrons. The van der Waals surface area contributed by atoms with Gasteiger partial charge in [-0.1, -0.05) is 36.8 Å². The van der Waals surface area contributed by atoms with Crippen molar-refractivity contribution in [3.63, 3.8) is 0 Å². The minimum Gasteiger partial charge on any atom is -0.350 e. The van der Waals surface area contributed by atoms with Crippen molar-refractivity contribution in [3.8, 4) is 0 Å². The molecule has 0 aliphatic carbocycles. The van der Waals surface area contributed by atoms with Crippen molar-refractivity contribution < 1.29 is 13.2 Å². The Bertz CT molecular complexity index is 844. The van der Waals surface area contributed by atoms with Crippen molar-refractivity contribution in [2.24, 2.45) is 0 Å². The smallest absolute Gasteiger partial charge is 0.251 e. The Balaban J connectivity index is 2.08. The van der Waals surface area contributed by atoms with Crippen LogP contribution < -0.4 is 5.32 Å². The van der Waals surface area contributed by atoms with Crippen molar-refractivity contribution in [2.45, 2.75) is 44.7 Å². The van der Waals surface area contributed by atoms with E-state index in [4.69, 9.17) is 0 Å². The molecule has 1 atom stereocenters. The second-order valence-electron chi connectivity index (χ2n) is 6.55. The molecule has 2 aromatic carbocycles. The molecule has 1 amide bonds. The molecule has 0 saturated carbocycles. The zero-order chi connectivity index (χ0) is 19.3. The van der Waals surface area contributed by atoms with E-state index in [0.717, 1.165) is 17.5 Å². The number of nitrogens with zero attached hydrogens (tertiary/aromatic N) is 1. The van der Waals surface area contributed by atoms with E-state index in [1.54, 1.807) is 55.6 Å². The normalized spacial score (nSPS) is 12.8. The zero-order valence-electron chi connectivity index (χ0n) is 15.7. The van der Waals surface area contributed by atoms with Crippen LogP contribution in [0.2, 0.25) is 0 Å². The number of carbonyl (C=O) groups excluding carboxylic acids is 1. The van der Waals surface area contributed by atoms with Gasteiger partial charge in [0.25, 0.3) is 5.91 Å². The lowest BCUT2D eigenvalue weighted by molar-refractivity contribution is 0.0939. The van der Waals surface area contributed by atoms with Gasteiger partial charge in [0.05, 0.1) is 4.90 Å². The quantitative estimate of drug-likeness (QED) is 0.808. The Hall–Kier alpha value is -2.18. The third-order valence-corrected chi connectivity index (χ3v) is 6.16. The fourth-order valence-corrected chi connectivity index (χ4v) is 3.56. The van der Waals surface area contributed by atoms with E-state index in [-0.39, 0.29) is 23.4 Å². The Kier molecular flexibility index (Phi) is 6.56. The van der Waals surface area contributed by atoms with Gasteiger partial charge < -0.3 is 5.32 Å². The summed E-state index contributed by atoms with van der Waals surface area (Å²) in [5.41, 5.74) is 2.40. The molecule has 2 rings (SSSR count). The number of benzene rings is 2. The molecule has 6 heteroatoms. The molecular weight excluding hydrogens is 348 g/mol. The molecule has 0 aromatic heterocycles. The molecule has 0 unspecified atom stereocenters. The molecule has 1 N–H and O–H groups in total. The maximum absolute atomic E-state index is 12.6. The highest BCUT2D eigenvalue weighted by atomic mass is 32.2. The van der Waals surface area contributed by atoms with E-state index >= 15 is 0 Å². The van der Waals surface area contributed by atoms with Crippen LogP contribution in [-0.4, -0.2) is 31.7 Å². The van der Waals surface area contributed by atoms with Crippen molar-refractivity contribution in [1.29, 1.82) is 0 Å². The van der Waals surface area contributed by atoms with Crippen LogP contribution in [0, 0.1) is 6.92 Å². The van der Waals surface area contributed by atoms with Gasteiger partial charge in [-0.05, 0) is 50.1 Å². The van der Waals surface area contributed by atoms with Gasteiger partial charge >= 0.3 is 0 Å². The number of hydrogen-bond donors (Lipinski definition) is 1. The maximum atomic E-state index is 12.6. The summed E-state index contributed by atoms with van der Waals surface area (Å²) in [6.07, 6.45) is 0.867. The summed E-state index contributed by atoms with van der Waals surface area (Å²) in [5.74, 6) is -0.119. The van der Waals surface area contributed by atoms with Crippen molar-refractivity contribution in [1.82, 2.24) is 9.62 Å². The van der Waals surface area contributed by atoms with Crippen LogP contribution in [0.5, 0.6) is 0 Å². The predicted octanol–water partition coefficient (Wildman–Crippen LogP) is 3.34. The topological polar surface area (TPSA) is 66.5 Å².